The van der Waals surface area contributed by atoms with Crippen molar-refractivity contribution in [2.45, 2.75) is 154 Å². The molecule has 10 nitrogen and oxygen atoms in total. The number of furan rings is 2. The molecule has 6 fully saturated rings. The second kappa shape index (κ2) is 24.1. The van der Waals surface area contributed by atoms with Crippen LogP contribution >= 0.6 is 39.5 Å². The van der Waals surface area contributed by atoms with Gasteiger partial charge < -0.3 is 34.2 Å². The Morgan fingerprint density at radius 1 is 0.625 bits per heavy atom. The molecule has 4 bridgehead atoms. The van der Waals surface area contributed by atoms with E-state index >= 15 is 0 Å². The number of likely N-dealkylation sites (tertiary alicyclic amines) is 1. The number of benzene rings is 4. The fraction of sp³-hybridized carbons (Fsp3) is 0.424. The number of piperidine rings is 2. The minimum absolute atomic E-state index is 0. The lowest BCUT2D eigenvalue weighted by molar-refractivity contribution is 0.0792. The second-order valence-electron chi connectivity index (χ2n) is 19.9. The quantitative estimate of drug-likeness (QED) is 0.156. The number of hydrogen-bond donors (Lipinski definition) is 2. The van der Waals surface area contributed by atoms with Gasteiger partial charge in [-0.1, -0.05) is 78.6 Å². The van der Waals surface area contributed by atoms with Gasteiger partial charge in [-0.05, 0) is 163 Å². The molecule has 8 aliphatic heterocycles. The number of fused-ring (bicyclic) bond motifs is 8. The molecular weight excluding hydrogens is 1000 g/mol. The van der Waals surface area contributed by atoms with Crippen LogP contribution in [0.4, 0.5) is 22.7 Å². The van der Waals surface area contributed by atoms with Gasteiger partial charge in [-0.15, -0.1) is 0 Å². The van der Waals surface area contributed by atoms with E-state index in [2.05, 4.69) is 137 Å². The summed E-state index contributed by atoms with van der Waals surface area (Å²) in [6.07, 6.45) is 22.4. The largest absolute Gasteiger partial charge is 0.472 e. The zero-order chi connectivity index (χ0) is 47.4. The summed E-state index contributed by atoms with van der Waals surface area (Å²) in [5.74, 6) is 0.182. The van der Waals surface area contributed by atoms with Gasteiger partial charge >= 0.3 is 0 Å². The molecule has 0 aliphatic carbocycles. The van der Waals surface area contributed by atoms with Gasteiger partial charge in [0.2, 0.25) is 0 Å². The summed E-state index contributed by atoms with van der Waals surface area (Å²) in [6, 6.07) is 38.2. The van der Waals surface area contributed by atoms with E-state index in [1.54, 1.807) is 12.3 Å². The molecule has 72 heavy (non-hydrogen) atoms. The lowest BCUT2D eigenvalue weighted by atomic mass is 9.94. The van der Waals surface area contributed by atoms with Crippen LogP contribution in [0.15, 0.2) is 155 Å². The summed E-state index contributed by atoms with van der Waals surface area (Å²) < 4.78 is 11.1. The number of rotatable bonds is 6. The van der Waals surface area contributed by atoms with Crippen LogP contribution in [0.3, 0.4) is 0 Å². The van der Waals surface area contributed by atoms with E-state index in [-0.39, 0.29) is 20.8 Å². The molecule has 10 heterocycles. The van der Waals surface area contributed by atoms with Crippen LogP contribution in [0.2, 0.25) is 0 Å². The first-order chi connectivity index (χ1) is 34.5. The molecular formula is C59H71BrN6O4S2. The lowest BCUT2D eigenvalue weighted by Crippen LogP contribution is -2.49. The number of carbonyl (C=O) groups is 2. The van der Waals surface area contributed by atoms with Crippen LogP contribution in [0.1, 0.15) is 118 Å². The molecule has 0 radical (unpaired) electrons. The molecule has 380 valence electrons. The highest BCUT2D eigenvalue weighted by Crippen LogP contribution is 2.53. The van der Waals surface area contributed by atoms with E-state index in [0.29, 0.717) is 41.8 Å². The smallest absolute Gasteiger partial charge is 0.253 e. The molecule has 2 aromatic heterocycles. The van der Waals surface area contributed by atoms with Crippen LogP contribution in [0.25, 0.3) is 0 Å². The van der Waals surface area contributed by atoms with Crippen LogP contribution in [0.5, 0.6) is 0 Å². The Balaban J connectivity index is 0.000000147. The summed E-state index contributed by atoms with van der Waals surface area (Å²) in [4.78, 5) is 38.1. The summed E-state index contributed by atoms with van der Waals surface area (Å²) >= 11 is 7.34. The monoisotopic (exact) mass is 1070 g/mol. The number of nitrogens with one attached hydrogen (secondary N) is 2. The summed E-state index contributed by atoms with van der Waals surface area (Å²) in [7, 11) is 0. The number of amides is 1. The van der Waals surface area contributed by atoms with E-state index in [1.807, 2.05) is 34.7 Å². The maximum absolute atomic E-state index is 13.1. The Bertz CT molecular complexity index is 2690. The molecule has 2 N–H and O–H groups in total. The molecule has 8 aliphatic rings. The summed E-state index contributed by atoms with van der Waals surface area (Å²) in [6.45, 7) is 5.26. The molecule has 0 spiro atoms. The molecule has 4 atom stereocenters. The van der Waals surface area contributed by atoms with Crippen molar-refractivity contribution in [2.24, 2.45) is 0 Å². The van der Waals surface area contributed by atoms with Gasteiger partial charge in [0.1, 0.15) is 6.26 Å². The summed E-state index contributed by atoms with van der Waals surface area (Å²) in [5, 5.41) is 7.00. The van der Waals surface area contributed by atoms with Gasteiger partial charge in [-0.3, -0.25) is 14.5 Å². The number of halogens is 1. The van der Waals surface area contributed by atoms with Crippen molar-refractivity contribution in [3.05, 3.63) is 143 Å². The van der Waals surface area contributed by atoms with Crippen molar-refractivity contribution in [1.82, 2.24) is 20.4 Å². The maximum Gasteiger partial charge on any atom is 0.253 e. The molecule has 6 aromatic rings. The zero-order valence-corrected chi connectivity index (χ0v) is 42.9. The normalized spacial score (nSPS) is 24.0. The third-order valence-electron chi connectivity index (χ3n) is 15.3. The Hall–Kier alpha value is -4.76. The Morgan fingerprint density at radius 2 is 1.19 bits per heavy atom. The van der Waals surface area contributed by atoms with Crippen molar-refractivity contribution in [3.8, 4) is 0 Å². The highest BCUT2D eigenvalue weighted by Gasteiger charge is 2.44. The number of anilines is 4. The Morgan fingerprint density at radius 3 is 1.75 bits per heavy atom. The van der Waals surface area contributed by atoms with E-state index in [9.17, 15) is 9.59 Å². The van der Waals surface area contributed by atoms with Crippen LogP contribution in [-0.2, 0) is 6.54 Å². The number of hydrogen-bond acceptors (Lipinski definition) is 11. The van der Waals surface area contributed by atoms with Crippen molar-refractivity contribution in [3.63, 3.8) is 0 Å². The number of carbonyl (C=O) groups excluding carboxylic acids is 2. The van der Waals surface area contributed by atoms with Crippen LogP contribution < -0.4 is 20.4 Å². The van der Waals surface area contributed by atoms with Gasteiger partial charge in [-0.2, -0.15) is 0 Å². The molecule has 1 amide bonds. The van der Waals surface area contributed by atoms with Crippen molar-refractivity contribution >= 4 is 74.4 Å². The number of para-hydroxylation sites is 2. The summed E-state index contributed by atoms with van der Waals surface area (Å²) in [5.41, 5.74) is 8.03. The predicted octanol–water partition coefficient (Wildman–Crippen LogP) is 14.4. The number of nitrogens with zero attached hydrogens (tertiary/aromatic N) is 4. The molecule has 0 saturated carbocycles. The van der Waals surface area contributed by atoms with Crippen LogP contribution in [0, 0.1) is 0 Å². The molecule has 13 heteroatoms. The topological polar surface area (TPSA) is 97.4 Å². The fourth-order valence-electron chi connectivity index (χ4n) is 12.1. The first-order valence-corrected chi connectivity index (χ1v) is 27.9. The van der Waals surface area contributed by atoms with Crippen molar-refractivity contribution < 1.29 is 18.4 Å². The highest BCUT2D eigenvalue weighted by atomic mass is 79.9. The average molecular weight is 1070 g/mol. The Labute approximate surface area is 444 Å². The third kappa shape index (κ3) is 11.5. The minimum Gasteiger partial charge on any atom is -0.472 e. The lowest BCUT2D eigenvalue weighted by Gasteiger charge is -2.46. The van der Waals surface area contributed by atoms with Gasteiger partial charge in [-0.25, -0.2) is 0 Å². The zero-order valence-electron chi connectivity index (χ0n) is 39.7. The first-order valence-electron chi connectivity index (χ1n) is 25.5. The van der Waals surface area contributed by atoms with E-state index in [1.165, 1.54) is 138 Å². The molecule has 14 rings (SSSR count). The number of aldehydes is 1. The fourth-order valence-corrected chi connectivity index (χ4v) is 14.8. The molecule has 4 unspecified atom stereocenters. The highest BCUT2D eigenvalue weighted by molar-refractivity contribution is 9.10. The van der Waals surface area contributed by atoms with Crippen LogP contribution in [-0.4, -0.2) is 84.4 Å². The SMILES string of the molecule is Brc1ccc2c(c1)Sc1ccccc1N2C1CC2CCC(C1)N2.C.C.C1CCNC1.O=C(c1ccc2c(c1)Sc1ccccc1N2C1CC2CCC(C1)N2Cc1ccoc1)N1CCCC1.O=Cc1ccoc1. The average Bonchev–Trinajstić information content (AvgIpc) is 4.27. The van der Waals surface area contributed by atoms with E-state index in [4.69, 9.17) is 4.42 Å². The second-order valence-corrected chi connectivity index (χ2v) is 23.0. The Kier molecular flexibility index (Phi) is 17.4. The molecule has 6 saturated heterocycles. The van der Waals surface area contributed by atoms with Gasteiger partial charge in [0.15, 0.2) is 6.29 Å². The van der Waals surface area contributed by atoms with Crippen molar-refractivity contribution in [1.29, 1.82) is 0 Å². The molecule has 4 aromatic carbocycles. The minimum atomic E-state index is 0. The predicted molar refractivity (Wildman–Crippen MR) is 298 cm³/mol. The van der Waals surface area contributed by atoms with Gasteiger partial charge in [0.05, 0.1) is 47.1 Å². The van der Waals surface area contributed by atoms with E-state index < -0.39 is 0 Å². The third-order valence-corrected chi connectivity index (χ3v) is 18.1. The van der Waals surface area contributed by atoms with E-state index in [0.717, 1.165) is 48.8 Å². The maximum atomic E-state index is 13.1. The van der Waals surface area contributed by atoms with Gasteiger partial charge in [0, 0.05) is 91.1 Å². The first kappa shape index (κ1) is 52.1. The standard InChI is InChI=1S/C29H31N3O2S.C19H19BrN2S.C5H4O2.C4H9N.2CH4/c33-29(30-12-3-4-13-30)21-7-10-26-28(15-21)35-27-6-2-1-5-25(27)32(26)24-16-22-8-9-23(17-24)31(22)18-20-11-14-34-19-20;20-12-5-8-17-19(9-12)23-18-4-2-1-3-16(18)22(17)15-10-13-6-7-14(11-15)21-13;6-3-5-1-2-7-4-5;1-2-4-5-3-1;;/h1-2,5-7,10-11,14-15,19,22-24H,3-4,8-9,12-13,16-18H2;1-5,8-9,13-15,21H,6-7,10-11H2;1-4H;5H,1-4H2;2*1H4. The van der Waals surface area contributed by atoms with Gasteiger partial charge in [0.25, 0.3) is 5.91 Å². The van der Waals surface area contributed by atoms with Crippen molar-refractivity contribution in [2.75, 3.05) is 36.0 Å².